The molecule has 3 aromatic rings. The smallest absolute Gasteiger partial charge is 0.240 e. The zero-order chi connectivity index (χ0) is 19.9. The summed E-state index contributed by atoms with van der Waals surface area (Å²) in [5.74, 6) is 0.0388. The number of nitrogens with two attached hydrogens (primary N) is 1. The summed E-state index contributed by atoms with van der Waals surface area (Å²) in [6, 6.07) is 14.2. The van der Waals surface area contributed by atoms with Crippen LogP contribution in [-0.4, -0.2) is 28.4 Å². The second kappa shape index (κ2) is 7.30. The third-order valence-corrected chi connectivity index (χ3v) is 6.55. The summed E-state index contributed by atoms with van der Waals surface area (Å²) in [7, 11) is 0. The Morgan fingerprint density at radius 2 is 1.96 bits per heavy atom. The molecule has 2 aromatic carbocycles. The molecule has 0 bridgehead atoms. The van der Waals surface area contributed by atoms with Crippen LogP contribution in [0.1, 0.15) is 44.7 Å². The van der Waals surface area contributed by atoms with Gasteiger partial charge in [-0.2, -0.15) is 0 Å². The Balaban J connectivity index is 1.64. The van der Waals surface area contributed by atoms with Gasteiger partial charge in [0.2, 0.25) is 5.91 Å². The minimum atomic E-state index is -0.495. The van der Waals surface area contributed by atoms with E-state index in [1.54, 1.807) is 11.3 Å². The minimum absolute atomic E-state index is 0.0367. The molecule has 28 heavy (non-hydrogen) atoms. The largest absolute Gasteiger partial charge is 0.332 e. The molecule has 0 aliphatic carbocycles. The van der Waals surface area contributed by atoms with Crippen LogP contribution in [0.15, 0.2) is 47.8 Å². The monoisotopic (exact) mass is 393 g/mol. The van der Waals surface area contributed by atoms with Gasteiger partial charge in [0, 0.05) is 17.5 Å². The topological polar surface area (TPSA) is 59.2 Å². The number of nitrogens with zero attached hydrogens (tertiary/aromatic N) is 2. The maximum atomic E-state index is 13.0. The Morgan fingerprint density at radius 3 is 2.75 bits per heavy atom. The van der Waals surface area contributed by atoms with E-state index in [1.807, 2.05) is 25.7 Å². The summed E-state index contributed by atoms with van der Waals surface area (Å²) < 4.78 is 0. The van der Waals surface area contributed by atoms with Crippen molar-refractivity contribution in [3.63, 3.8) is 0 Å². The van der Waals surface area contributed by atoms with Crippen LogP contribution in [0.5, 0.6) is 0 Å². The minimum Gasteiger partial charge on any atom is -0.332 e. The second-order valence-electron chi connectivity index (χ2n) is 8.63. The highest BCUT2D eigenvalue weighted by Crippen LogP contribution is 2.38. The highest BCUT2D eigenvalue weighted by molar-refractivity contribution is 7.10. The van der Waals surface area contributed by atoms with Crippen molar-refractivity contribution >= 4 is 28.0 Å². The molecule has 2 heterocycles. The van der Waals surface area contributed by atoms with Crippen molar-refractivity contribution in [3.8, 4) is 11.3 Å². The van der Waals surface area contributed by atoms with E-state index in [0.717, 1.165) is 35.7 Å². The van der Waals surface area contributed by atoms with Gasteiger partial charge in [-0.15, -0.1) is 11.3 Å². The number of hydrogen-bond donors (Lipinski definition) is 1. The van der Waals surface area contributed by atoms with Gasteiger partial charge in [-0.1, -0.05) is 63.2 Å². The summed E-state index contributed by atoms with van der Waals surface area (Å²) >= 11 is 1.64. The SMILES string of the molecule is CC(C)(C)[C@H](N)C(=O)N1CCCC1c1nc(-c2cccc3ccccc23)cs1. The lowest BCUT2D eigenvalue weighted by molar-refractivity contribution is -0.135. The Hall–Kier alpha value is -2.24. The highest BCUT2D eigenvalue weighted by atomic mass is 32.1. The number of thiazole rings is 1. The fourth-order valence-corrected chi connectivity index (χ4v) is 4.81. The average molecular weight is 394 g/mol. The molecule has 1 amide bonds. The van der Waals surface area contributed by atoms with Gasteiger partial charge in [-0.25, -0.2) is 4.98 Å². The van der Waals surface area contributed by atoms with Crippen molar-refractivity contribution in [3.05, 3.63) is 52.9 Å². The van der Waals surface area contributed by atoms with Crippen LogP contribution in [0.3, 0.4) is 0 Å². The standard InChI is InChI=1S/C23H27N3OS/c1-23(2,3)20(24)22(27)26-13-7-12-19(26)21-25-18(14-28-21)17-11-6-9-15-8-4-5-10-16(15)17/h4-6,8-11,14,19-20H,7,12-13,24H2,1-3H3/t19?,20-/m1/s1. The van der Waals surface area contributed by atoms with E-state index in [4.69, 9.17) is 10.7 Å². The van der Waals surface area contributed by atoms with E-state index < -0.39 is 6.04 Å². The quantitative estimate of drug-likeness (QED) is 0.681. The van der Waals surface area contributed by atoms with Crippen LogP contribution in [0.2, 0.25) is 0 Å². The number of benzene rings is 2. The zero-order valence-electron chi connectivity index (χ0n) is 16.7. The van der Waals surface area contributed by atoms with Gasteiger partial charge in [0.05, 0.1) is 17.8 Å². The predicted molar refractivity (Wildman–Crippen MR) is 116 cm³/mol. The molecule has 1 aliphatic heterocycles. The summed E-state index contributed by atoms with van der Waals surface area (Å²) in [4.78, 5) is 19.9. The molecule has 2 N–H and O–H groups in total. The summed E-state index contributed by atoms with van der Waals surface area (Å²) in [6.45, 7) is 6.81. The van der Waals surface area contributed by atoms with E-state index in [0.29, 0.717) is 0 Å². The van der Waals surface area contributed by atoms with Crippen molar-refractivity contribution in [1.29, 1.82) is 0 Å². The highest BCUT2D eigenvalue weighted by Gasteiger charge is 2.38. The number of fused-ring (bicyclic) bond motifs is 1. The molecule has 2 atom stereocenters. The van der Waals surface area contributed by atoms with Gasteiger partial charge in [0.15, 0.2) is 0 Å². The van der Waals surface area contributed by atoms with E-state index in [9.17, 15) is 4.79 Å². The van der Waals surface area contributed by atoms with Crippen LogP contribution >= 0.6 is 11.3 Å². The maximum absolute atomic E-state index is 13.0. The van der Waals surface area contributed by atoms with Crippen LogP contribution in [0, 0.1) is 5.41 Å². The van der Waals surface area contributed by atoms with Crippen molar-refractivity contribution in [2.75, 3.05) is 6.54 Å². The van der Waals surface area contributed by atoms with Crippen molar-refractivity contribution in [2.24, 2.45) is 11.1 Å². The third-order valence-electron chi connectivity index (χ3n) is 5.61. The molecule has 1 saturated heterocycles. The first-order valence-corrected chi connectivity index (χ1v) is 10.7. The lowest BCUT2D eigenvalue weighted by Gasteiger charge is -2.32. The van der Waals surface area contributed by atoms with E-state index in [2.05, 4.69) is 47.8 Å². The number of aromatic nitrogens is 1. The zero-order valence-corrected chi connectivity index (χ0v) is 17.5. The number of likely N-dealkylation sites (tertiary alicyclic amines) is 1. The fraction of sp³-hybridized carbons (Fsp3) is 0.391. The molecule has 4 nitrogen and oxygen atoms in total. The van der Waals surface area contributed by atoms with E-state index in [1.165, 1.54) is 10.8 Å². The van der Waals surface area contributed by atoms with E-state index >= 15 is 0 Å². The van der Waals surface area contributed by atoms with Crippen LogP contribution in [0.4, 0.5) is 0 Å². The first-order valence-electron chi connectivity index (χ1n) is 9.86. The maximum Gasteiger partial charge on any atom is 0.240 e. The van der Waals surface area contributed by atoms with Crippen molar-refractivity contribution < 1.29 is 4.79 Å². The first-order chi connectivity index (χ1) is 13.4. The van der Waals surface area contributed by atoms with Crippen LogP contribution in [0.25, 0.3) is 22.0 Å². The number of carbonyl (C=O) groups excluding carboxylic acids is 1. The lowest BCUT2D eigenvalue weighted by Crippen LogP contribution is -2.50. The van der Waals surface area contributed by atoms with Gasteiger partial charge in [-0.3, -0.25) is 4.79 Å². The third kappa shape index (κ3) is 3.45. The molecular weight excluding hydrogens is 366 g/mol. The second-order valence-corrected chi connectivity index (χ2v) is 9.52. The van der Waals surface area contributed by atoms with E-state index in [-0.39, 0.29) is 17.4 Å². The molecule has 1 unspecified atom stereocenters. The van der Waals surface area contributed by atoms with Gasteiger partial charge < -0.3 is 10.6 Å². The molecule has 0 spiro atoms. The van der Waals surface area contributed by atoms with Crippen molar-refractivity contribution in [2.45, 2.75) is 45.7 Å². The Labute approximate surface area is 170 Å². The van der Waals surface area contributed by atoms with Crippen LogP contribution in [-0.2, 0) is 4.79 Å². The van der Waals surface area contributed by atoms with Crippen LogP contribution < -0.4 is 5.73 Å². The normalized spacial score (nSPS) is 18.6. The molecule has 0 radical (unpaired) electrons. The molecule has 4 rings (SSSR count). The fourth-order valence-electron chi connectivity index (χ4n) is 3.85. The Morgan fingerprint density at radius 1 is 1.21 bits per heavy atom. The molecule has 5 heteroatoms. The van der Waals surface area contributed by atoms with Crippen molar-refractivity contribution in [1.82, 2.24) is 9.88 Å². The molecule has 0 saturated carbocycles. The summed E-state index contributed by atoms with van der Waals surface area (Å²) in [5, 5.41) is 5.54. The van der Waals surface area contributed by atoms with Gasteiger partial charge in [-0.05, 0) is 29.0 Å². The van der Waals surface area contributed by atoms with Gasteiger partial charge in [0.1, 0.15) is 5.01 Å². The average Bonchev–Trinajstić information content (AvgIpc) is 3.34. The predicted octanol–water partition coefficient (Wildman–Crippen LogP) is 5.00. The Bertz CT molecular complexity index is 999. The first kappa shape index (κ1) is 19.1. The number of amides is 1. The summed E-state index contributed by atoms with van der Waals surface area (Å²) in [6.07, 6.45) is 1.95. The molecule has 1 aromatic heterocycles. The van der Waals surface area contributed by atoms with Gasteiger partial charge >= 0.3 is 0 Å². The number of carbonyl (C=O) groups is 1. The van der Waals surface area contributed by atoms with Gasteiger partial charge in [0.25, 0.3) is 0 Å². The molecule has 1 aliphatic rings. The Kier molecular flexibility index (Phi) is 4.98. The lowest BCUT2D eigenvalue weighted by atomic mass is 9.86. The number of hydrogen-bond acceptors (Lipinski definition) is 4. The summed E-state index contributed by atoms with van der Waals surface area (Å²) in [5.41, 5.74) is 8.14. The molecule has 146 valence electrons. The molecule has 1 fully saturated rings. The molecular formula is C23H27N3OS. The number of rotatable bonds is 3.